The van der Waals surface area contributed by atoms with E-state index in [1.165, 1.54) is 5.56 Å². The van der Waals surface area contributed by atoms with Gasteiger partial charge in [-0.25, -0.2) is 0 Å². The third kappa shape index (κ3) is 2.01. The molecule has 0 saturated carbocycles. The van der Waals surface area contributed by atoms with Crippen molar-refractivity contribution >= 4 is 12.2 Å². The highest BCUT2D eigenvalue weighted by Crippen LogP contribution is 2.14. The number of hydrogen-bond donors (Lipinski definition) is 1. The predicted molar refractivity (Wildman–Crippen MR) is 59.7 cm³/mol. The van der Waals surface area contributed by atoms with E-state index < -0.39 is 6.10 Å². The molecule has 0 spiro atoms. The van der Waals surface area contributed by atoms with E-state index >= 15 is 0 Å². The Kier molecular flexibility index (Phi) is 2.61. The SMILES string of the molecule is OC1/C=C\C=C/c2ccccc2/C=C\1. The van der Waals surface area contributed by atoms with Gasteiger partial charge in [0, 0.05) is 0 Å². The van der Waals surface area contributed by atoms with Gasteiger partial charge in [0.1, 0.15) is 0 Å². The summed E-state index contributed by atoms with van der Waals surface area (Å²) in [6, 6.07) is 8.10. The number of allylic oxidation sites excluding steroid dienone is 2. The van der Waals surface area contributed by atoms with Crippen LogP contribution >= 0.6 is 0 Å². The maximum Gasteiger partial charge on any atom is 0.0908 e. The Hall–Kier alpha value is -1.60. The molecule has 1 nitrogen and oxygen atoms in total. The van der Waals surface area contributed by atoms with E-state index in [2.05, 4.69) is 6.07 Å². The maximum atomic E-state index is 9.46. The van der Waals surface area contributed by atoms with Crippen molar-refractivity contribution in [3.63, 3.8) is 0 Å². The van der Waals surface area contributed by atoms with E-state index in [0.29, 0.717) is 0 Å². The molecule has 2 rings (SSSR count). The first-order valence-electron chi connectivity index (χ1n) is 4.66. The molecule has 14 heavy (non-hydrogen) atoms. The summed E-state index contributed by atoms with van der Waals surface area (Å²) in [5, 5.41) is 9.46. The molecule has 0 fully saturated rings. The van der Waals surface area contributed by atoms with Crippen molar-refractivity contribution in [2.75, 3.05) is 0 Å². The van der Waals surface area contributed by atoms with Crippen molar-refractivity contribution in [2.24, 2.45) is 0 Å². The van der Waals surface area contributed by atoms with Crippen LogP contribution in [0.4, 0.5) is 0 Å². The van der Waals surface area contributed by atoms with Crippen LogP contribution in [-0.4, -0.2) is 11.2 Å². The lowest BCUT2D eigenvalue weighted by atomic mass is 10.1. The molecule has 1 atom stereocenters. The summed E-state index contributed by atoms with van der Waals surface area (Å²) in [6.45, 7) is 0. The number of benzene rings is 1. The highest BCUT2D eigenvalue weighted by molar-refractivity contribution is 5.66. The molecule has 1 unspecified atom stereocenters. The van der Waals surface area contributed by atoms with Crippen LogP contribution in [0, 0.1) is 0 Å². The lowest BCUT2D eigenvalue weighted by Gasteiger charge is -1.99. The quantitative estimate of drug-likeness (QED) is 0.657. The molecule has 1 N–H and O–H groups in total. The molecule has 1 aromatic carbocycles. The maximum absolute atomic E-state index is 9.46. The molecule has 0 saturated heterocycles. The van der Waals surface area contributed by atoms with Crippen LogP contribution in [0.25, 0.3) is 12.2 Å². The molecule has 1 aromatic rings. The van der Waals surface area contributed by atoms with Gasteiger partial charge >= 0.3 is 0 Å². The van der Waals surface area contributed by atoms with Gasteiger partial charge in [-0.1, -0.05) is 60.7 Å². The van der Waals surface area contributed by atoms with Crippen LogP contribution in [0.2, 0.25) is 0 Å². The highest BCUT2D eigenvalue weighted by Gasteiger charge is 1.97. The van der Waals surface area contributed by atoms with Crippen molar-refractivity contribution in [1.29, 1.82) is 0 Å². The molecular formula is C13H12O. The lowest BCUT2D eigenvalue weighted by molar-refractivity contribution is 0.272. The highest BCUT2D eigenvalue weighted by atomic mass is 16.3. The number of aliphatic hydroxyl groups is 1. The van der Waals surface area contributed by atoms with Gasteiger partial charge in [-0.05, 0) is 11.1 Å². The summed E-state index contributed by atoms with van der Waals surface area (Å²) in [5.74, 6) is 0. The number of hydrogen-bond acceptors (Lipinski definition) is 1. The van der Waals surface area contributed by atoms with Gasteiger partial charge in [-0.15, -0.1) is 0 Å². The fourth-order valence-electron chi connectivity index (χ4n) is 1.42. The average Bonchev–Trinajstić information content (AvgIpc) is 2.30. The molecule has 0 aromatic heterocycles. The molecule has 0 heterocycles. The van der Waals surface area contributed by atoms with Gasteiger partial charge in [-0.2, -0.15) is 0 Å². The second-order valence-electron chi connectivity index (χ2n) is 3.22. The van der Waals surface area contributed by atoms with Crippen LogP contribution in [-0.2, 0) is 0 Å². The monoisotopic (exact) mass is 184 g/mol. The molecule has 1 aliphatic carbocycles. The van der Waals surface area contributed by atoms with Gasteiger partial charge in [0.2, 0.25) is 0 Å². The molecule has 1 heteroatoms. The number of rotatable bonds is 0. The third-order valence-electron chi connectivity index (χ3n) is 2.16. The molecule has 0 aliphatic heterocycles. The van der Waals surface area contributed by atoms with Crippen molar-refractivity contribution in [3.05, 3.63) is 59.7 Å². The smallest absolute Gasteiger partial charge is 0.0908 e. The second kappa shape index (κ2) is 4.07. The van der Waals surface area contributed by atoms with Crippen LogP contribution in [0.5, 0.6) is 0 Å². The van der Waals surface area contributed by atoms with Crippen LogP contribution in [0.15, 0.2) is 48.6 Å². The number of aliphatic hydroxyl groups excluding tert-OH is 1. The van der Waals surface area contributed by atoms with Crippen LogP contribution < -0.4 is 0 Å². The van der Waals surface area contributed by atoms with Crippen LogP contribution in [0.3, 0.4) is 0 Å². The Morgan fingerprint density at radius 1 is 0.857 bits per heavy atom. The minimum atomic E-state index is -0.495. The van der Waals surface area contributed by atoms with Gasteiger partial charge in [0.25, 0.3) is 0 Å². The molecular weight excluding hydrogens is 172 g/mol. The summed E-state index contributed by atoms with van der Waals surface area (Å²) in [6.07, 6.45) is 10.8. The standard InChI is InChI=1S/C13H12O/c14-13-8-4-3-6-11-5-1-2-7-12(11)9-10-13/h1-10,13-14H/b6-3-,8-4-,10-9-. The minimum absolute atomic E-state index is 0.495. The Balaban J connectivity index is 2.46. The summed E-state index contributed by atoms with van der Waals surface area (Å²) in [4.78, 5) is 0. The Labute approximate surface area is 83.7 Å². The zero-order valence-electron chi connectivity index (χ0n) is 7.80. The molecule has 0 bridgehead atoms. The molecule has 0 radical (unpaired) electrons. The second-order valence-corrected chi connectivity index (χ2v) is 3.22. The Morgan fingerprint density at radius 2 is 1.57 bits per heavy atom. The summed E-state index contributed by atoms with van der Waals surface area (Å²) < 4.78 is 0. The van der Waals surface area contributed by atoms with E-state index in [0.717, 1.165) is 5.56 Å². The zero-order valence-corrected chi connectivity index (χ0v) is 7.80. The first kappa shape index (κ1) is 8.97. The predicted octanol–water partition coefficient (Wildman–Crippen LogP) is 2.64. The van der Waals surface area contributed by atoms with E-state index in [4.69, 9.17) is 0 Å². The first-order chi connectivity index (χ1) is 6.86. The largest absolute Gasteiger partial charge is 0.385 e. The van der Waals surface area contributed by atoms with Gasteiger partial charge in [0.05, 0.1) is 6.10 Å². The number of fused-ring (bicyclic) bond motifs is 1. The van der Waals surface area contributed by atoms with E-state index in [1.54, 1.807) is 12.2 Å². The minimum Gasteiger partial charge on any atom is -0.385 e. The lowest BCUT2D eigenvalue weighted by Crippen LogP contribution is -1.94. The van der Waals surface area contributed by atoms with Gasteiger partial charge < -0.3 is 5.11 Å². The third-order valence-corrected chi connectivity index (χ3v) is 2.16. The van der Waals surface area contributed by atoms with E-state index in [1.807, 2.05) is 42.5 Å². The van der Waals surface area contributed by atoms with E-state index in [-0.39, 0.29) is 0 Å². The van der Waals surface area contributed by atoms with E-state index in [9.17, 15) is 5.11 Å². The Morgan fingerprint density at radius 3 is 2.36 bits per heavy atom. The van der Waals surface area contributed by atoms with Gasteiger partial charge in [-0.3, -0.25) is 0 Å². The fourth-order valence-corrected chi connectivity index (χ4v) is 1.42. The summed E-state index contributed by atoms with van der Waals surface area (Å²) >= 11 is 0. The topological polar surface area (TPSA) is 20.2 Å². The zero-order chi connectivity index (χ0) is 9.80. The average molecular weight is 184 g/mol. The molecule has 70 valence electrons. The van der Waals surface area contributed by atoms with Crippen molar-refractivity contribution in [3.8, 4) is 0 Å². The molecule has 0 amide bonds. The van der Waals surface area contributed by atoms with Crippen molar-refractivity contribution < 1.29 is 5.11 Å². The van der Waals surface area contributed by atoms with Gasteiger partial charge in [0.15, 0.2) is 0 Å². The summed E-state index contributed by atoms with van der Waals surface area (Å²) in [7, 11) is 0. The Bertz CT molecular complexity index is 399. The fraction of sp³-hybridized carbons (Fsp3) is 0.0769. The van der Waals surface area contributed by atoms with Crippen LogP contribution in [0.1, 0.15) is 11.1 Å². The summed E-state index contributed by atoms with van der Waals surface area (Å²) in [5.41, 5.74) is 2.30. The van der Waals surface area contributed by atoms with Crippen molar-refractivity contribution in [2.45, 2.75) is 6.10 Å². The first-order valence-corrected chi connectivity index (χ1v) is 4.66. The molecule has 1 aliphatic rings. The van der Waals surface area contributed by atoms with Crippen molar-refractivity contribution in [1.82, 2.24) is 0 Å². The normalized spacial score (nSPS) is 26.5.